The molecule has 3 rings (SSSR count). The molecule has 0 aromatic heterocycles. The lowest BCUT2D eigenvalue weighted by Crippen LogP contribution is -2.14. The van der Waals surface area contributed by atoms with E-state index in [0.29, 0.717) is 31.1 Å². The third-order valence-corrected chi connectivity index (χ3v) is 4.80. The fraction of sp³-hybridized carbons (Fsp3) is 0.200. The summed E-state index contributed by atoms with van der Waals surface area (Å²) >= 11 is 5.65. The van der Waals surface area contributed by atoms with E-state index in [4.69, 9.17) is 21.1 Å². The lowest BCUT2D eigenvalue weighted by atomic mass is 10.3. The normalized spacial score (nSPS) is 14.2. The smallest absolute Gasteiger partial charge is 0.262 e. The Morgan fingerprint density at radius 3 is 2.52 bits per heavy atom. The number of nitrogens with one attached hydrogen (secondary N) is 1. The molecule has 1 N–H and O–H groups in total. The van der Waals surface area contributed by atoms with Crippen LogP contribution in [0.5, 0.6) is 11.5 Å². The standard InChI is InChI=1S/C15H13ClFNO4S/c16-10-2-4-13(12(17)8-10)18-23(19,20)11-3-5-14-15(9-11)22-7-1-6-21-14/h2-5,8-9,18H,1,6-7H2. The molecule has 1 aliphatic heterocycles. The summed E-state index contributed by atoms with van der Waals surface area (Å²) in [7, 11) is -3.96. The lowest BCUT2D eigenvalue weighted by Gasteiger charge is -2.12. The molecule has 23 heavy (non-hydrogen) atoms. The molecule has 0 saturated heterocycles. The Morgan fingerprint density at radius 1 is 1.04 bits per heavy atom. The first kappa shape index (κ1) is 15.9. The number of rotatable bonds is 3. The summed E-state index contributed by atoms with van der Waals surface area (Å²) in [5, 5.41) is 0.182. The Hall–Kier alpha value is -1.99. The van der Waals surface area contributed by atoms with Gasteiger partial charge in [0.15, 0.2) is 11.5 Å². The Balaban J connectivity index is 1.92. The summed E-state index contributed by atoms with van der Waals surface area (Å²) in [4.78, 5) is -0.0453. The van der Waals surface area contributed by atoms with E-state index in [2.05, 4.69) is 4.72 Å². The molecular formula is C15H13ClFNO4S. The summed E-state index contributed by atoms with van der Waals surface area (Å²) in [6.07, 6.45) is 0.713. The van der Waals surface area contributed by atoms with E-state index in [0.717, 1.165) is 6.07 Å². The van der Waals surface area contributed by atoms with E-state index in [-0.39, 0.29) is 15.6 Å². The average molecular weight is 358 g/mol. The van der Waals surface area contributed by atoms with E-state index in [1.807, 2.05) is 0 Å². The molecule has 0 amide bonds. The number of sulfonamides is 1. The predicted molar refractivity (Wildman–Crippen MR) is 84.3 cm³/mol. The third kappa shape index (κ3) is 3.51. The second kappa shape index (κ2) is 6.25. The van der Waals surface area contributed by atoms with Gasteiger partial charge in [-0.1, -0.05) is 11.6 Å². The largest absolute Gasteiger partial charge is 0.490 e. The van der Waals surface area contributed by atoms with Gasteiger partial charge in [0.1, 0.15) is 5.82 Å². The summed E-state index contributed by atoms with van der Waals surface area (Å²) in [6.45, 7) is 0.947. The van der Waals surface area contributed by atoms with Gasteiger partial charge in [0, 0.05) is 17.5 Å². The van der Waals surface area contributed by atoms with Crippen LogP contribution < -0.4 is 14.2 Å². The summed E-state index contributed by atoms with van der Waals surface area (Å²) in [5.41, 5.74) is -0.179. The van der Waals surface area contributed by atoms with Crippen LogP contribution in [0.1, 0.15) is 6.42 Å². The number of hydrogen-bond acceptors (Lipinski definition) is 4. The van der Waals surface area contributed by atoms with Gasteiger partial charge in [-0.05, 0) is 30.3 Å². The van der Waals surface area contributed by atoms with E-state index in [1.54, 1.807) is 0 Å². The first-order chi connectivity index (χ1) is 11.0. The summed E-state index contributed by atoms with van der Waals surface area (Å²) < 4.78 is 51.7. The average Bonchev–Trinajstić information content (AvgIpc) is 2.74. The number of halogens is 2. The Labute approximate surface area is 138 Å². The molecule has 0 saturated carbocycles. The zero-order valence-electron chi connectivity index (χ0n) is 11.9. The molecule has 2 aromatic carbocycles. The van der Waals surface area contributed by atoms with Gasteiger partial charge in [-0.25, -0.2) is 12.8 Å². The maximum atomic E-state index is 13.8. The monoisotopic (exact) mass is 357 g/mol. The van der Waals surface area contributed by atoms with Crippen LogP contribution in [0.2, 0.25) is 5.02 Å². The maximum Gasteiger partial charge on any atom is 0.262 e. The predicted octanol–water partition coefficient (Wildman–Crippen LogP) is 3.44. The van der Waals surface area contributed by atoms with Gasteiger partial charge in [-0.15, -0.1) is 0 Å². The highest BCUT2D eigenvalue weighted by Gasteiger charge is 2.20. The highest BCUT2D eigenvalue weighted by atomic mass is 35.5. The van der Waals surface area contributed by atoms with Gasteiger partial charge in [0.25, 0.3) is 10.0 Å². The van der Waals surface area contributed by atoms with Gasteiger partial charge in [-0.3, -0.25) is 4.72 Å². The van der Waals surface area contributed by atoms with Gasteiger partial charge in [0.2, 0.25) is 0 Å². The molecule has 8 heteroatoms. The highest BCUT2D eigenvalue weighted by Crippen LogP contribution is 2.32. The van der Waals surface area contributed by atoms with Gasteiger partial charge in [0.05, 0.1) is 23.8 Å². The molecule has 122 valence electrons. The molecule has 5 nitrogen and oxygen atoms in total. The molecule has 0 radical (unpaired) electrons. The fourth-order valence-corrected chi connectivity index (χ4v) is 3.33. The SMILES string of the molecule is O=S(=O)(Nc1ccc(Cl)cc1F)c1ccc2c(c1)OCCCO2. The Kier molecular flexibility index (Phi) is 4.32. The van der Waals surface area contributed by atoms with Crippen LogP contribution in [-0.4, -0.2) is 21.6 Å². The number of hydrogen-bond donors (Lipinski definition) is 1. The van der Waals surface area contributed by atoms with Crippen LogP contribution >= 0.6 is 11.6 Å². The molecular weight excluding hydrogens is 345 g/mol. The van der Waals surface area contributed by atoms with Crippen molar-refractivity contribution in [3.8, 4) is 11.5 Å². The van der Waals surface area contributed by atoms with Crippen molar-refractivity contribution >= 4 is 27.3 Å². The second-order valence-electron chi connectivity index (χ2n) is 4.89. The van der Waals surface area contributed by atoms with Crippen molar-refractivity contribution in [1.29, 1.82) is 0 Å². The minimum absolute atomic E-state index is 0.0453. The summed E-state index contributed by atoms with van der Waals surface area (Å²) in [5.74, 6) is 0.0801. The molecule has 2 aromatic rings. The van der Waals surface area contributed by atoms with E-state index < -0.39 is 15.8 Å². The van der Waals surface area contributed by atoms with Crippen LogP contribution in [0.15, 0.2) is 41.3 Å². The highest BCUT2D eigenvalue weighted by molar-refractivity contribution is 7.92. The van der Waals surface area contributed by atoms with Crippen LogP contribution in [0.3, 0.4) is 0 Å². The molecule has 0 fully saturated rings. The van der Waals surface area contributed by atoms with E-state index in [1.165, 1.54) is 30.3 Å². The van der Waals surface area contributed by atoms with E-state index in [9.17, 15) is 12.8 Å². The second-order valence-corrected chi connectivity index (χ2v) is 7.01. The lowest BCUT2D eigenvalue weighted by molar-refractivity contribution is 0.297. The number of ether oxygens (including phenoxy) is 2. The van der Waals surface area contributed by atoms with Crippen molar-refractivity contribution in [2.45, 2.75) is 11.3 Å². The third-order valence-electron chi connectivity index (χ3n) is 3.20. The van der Waals surface area contributed by atoms with Crippen molar-refractivity contribution in [3.63, 3.8) is 0 Å². The minimum Gasteiger partial charge on any atom is -0.490 e. The van der Waals surface area contributed by atoms with Crippen LogP contribution in [-0.2, 0) is 10.0 Å². The number of benzene rings is 2. The summed E-state index contributed by atoms with van der Waals surface area (Å²) in [6, 6.07) is 7.95. The first-order valence-corrected chi connectivity index (χ1v) is 8.69. The van der Waals surface area contributed by atoms with Gasteiger partial charge < -0.3 is 9.47 Å². The van der Waals surface area contributed by atoms with Crippen molar-refractivity contribution in [2.75, 3.05) is 17.9 Å². The van der Waals surface area contributed by atoms with Crippen molar-refractivity contribution < 1.29 is 22.3 Å². The molecule has 0 unspecified atom stereocenters. The molecule has 0 bridgehead atoms. The Morgan fingerprint density at radius 2 is 1.78 bits per heavy atom. The number of anilines is 1. The molecule has 0 aliphatic carbocycles. The van der Waals surface area contributed by atoms with Crippen molar-refractivity contribution in [2.24, 2.45) is 0 Å². The zero-order valence-corrected chi connectivity index (χ0v) is 13.5. The molecule has 1 heterocycles. The first-order valence-electron chi connectivity index (χ1n) is 6.83. The fourth-order valence-electron chi connectivity index (χ4n) is 2.09. The van der Waals surface area contributed by atoms with Crippen molar-refractivity contribution in [1.82, 2.24) is 0 Å². The van der Waals surface area contributed by atoms with Crippen LogP contribution in [0.4, 0.5) is 10.1 Å². The van der Waals surface area contributed by atoms with Crippen molar-refractivity contribution in [3.05, 3.63) is 47.2 Å². The quantitative estimate of drug-likeness (QED) is 0.913. The zero-order chi connectivity index (χ0) is 16.4. The molecule has 1 aliphatic rings. The van der Waals surface area contributed by atoms with Crippen LogP contribution in [0.25, 0.3) is 0 Å². The minimum atomic E-state index is -3.96. The maximum absolute atomic E-state index is 13.8. The molecule has 0 atom stereocenters. The molecule has 0 spiro atoms. The van der Waals surface area contributed by atoms with E-state index >= 15 is 0 Å². The van der Waals surface area contributed by atoms with Gasteiger partial charge >= 0.3 is 0 Å². The van der Waals surface area contributed by atoms with Gasteiger partial charge in [-0.2, -0.15) is 0 Å². The topological polar surface area (TPSA) is 64.6 Å². The Bertz CT molecular complexity index is 841. The number of fused-ring (bicyclic) bond motifs is 1. The van der Waals surface area contributed by atoms with Crippen LogP contribution in [0, 0.1) is 5.82 Å².